The summed E-state index contributed by atoms with van der Waals surface area (Å²) in [5, 5.41) is 9.63. The summed E-state index contributed by atoms with van der Waals surface area (Å²) in [5.74, 6) is 1.62. The molecular weight excluding hydrogens is 364 g/mol. The average Bonchev–Trinajstić information content (AvgIpc) is 2.69. The Bertz CT molecular complexity index is 766. The fourth-order valence-electron chi connectivity index (χ4n) is 4.34. The highest BCUT2D eigenvalue weighted by molar-refractivity contribution is 5.38. The summed E-state index contributed by atoms with van der Waals surface area (Å²) in [7, 11) is 3.36. The maximum absolute atomic E-state index is 9.63. The summed E-state index contributed by atoms with van der Waals surface area (Å²) in [5.41, 5.74) is 5.18. The number of methoxy groups -OCH3 is 2. The normalized spacial score (nSPS) is 18.0. The maximum Gasteiger partial charge on any atom is 0.122 e. The third kappa shape index (κ3) is 5.95. The van der Waals surface area contributed by atoms with Gasteiger partial charge in [-0.2, -0.15) is 0 Å². The van der Waals surface area contributed by atoms with Crippen molar-refractivity contribution in [3.05, 3.63) is 58.7 Å². The van der Waals surface area contributed by atoms with Gasteiger partial charge in [-0.1, -0.05) is 29.3 Å². The lowest BCUT2D eigenvalue weighted by atomic mass is 10.0. The molecule has 0 amide bonds. The van der Waals surface area contributed by atoms with E-state index >= 15 is 0 Å². The van der Waals surface area contributed by atoms with Gasteiger partial charge in [0.25, 0.3) is 0 Å². The highest BCUT2D eigenvalue weighted by atomic mass is 16.5. The predicted octanol–water partition coefficient (Wildman–Crippen LogP) is 3.39. The van der Waals surface area contributed by atoms with Gasteiger partial charge in [-0.3, -0.25) is 9.80 Å². The molecule has 1 heterocycles. The number of hydrogen-bond acceptors (Lipinski definition) is 5. The minimum Gasteiger partial charge on any atom is -0.497 e. The monoisotopic (exact) mass is 398 g/mol. The van der Waals surface area contributed by atoms with E-state index in [1.165, 1.54) is 22.3 Å². The van der Waals surface area contributed by atoms with E-state index in [1.54, 1.807) is 14.2 Å². The van der Waals surface area contributed by atoms with Crippen molar-refractivity contribution >= 4 is 0 Å². The van der Waals surface area contributed by atoms with Crippen LogP contribution in [-0.4, -0.2) is 61.4 Å². The van der Waals surface area contributed by atoms with E-state index in [-0.39, 0.29) is 6.61 Å². The van der Waals surface area contributed by atoms with Crippen LogP contribution in [-0.2, 0) is 13.1 Å². The molecule has 2 aromatic rings. The fourth-order valence-corrected chi connectivity index (χ4v) is 4.34. The molecule has 0 aliphatic carbocycles. The first-order valence-electron chi connectivity index (χ1n) is 10.4. The van der Waals surface area contributed by atoms with Crippen LogP contribution in [0.2, 0.25) is 0 Å². The van der Waals surface area contributed by atoms with Gasteiger partial charge in [0.05, 0.1) is 14.2 Å². The Morgan fingerprint density at radius 1 is 0.862 bits per heavy atom. The standard InChI is InChI=1S/C24H34N2O3/c1-18-9-19(2)11-20(10-18)15-25-6-7-26(22(17-25)5-8-27)16-21-12-23(28-3)14-24(13-21)29-4/h9-14,22,27H,5-8,15-17H2,1-4H3/t22-/m0/s1. The summed E-state index contributed by atoms with van der Waals surface area (Å²) in [4.78, 5) is 4.99. The van der Waals surface area contributed by atoms with Crippen LogP contribution in [0.5, 0.6) is 11.5 Å². The van der Waals surface area contributed by atoms with Gasteiger partial charge in [-0.25, -0.2) is 0 Å². The Labute approximate surface area is 174 Å². The van der Waals surface area contributed by atoms with Crippen LogP contribution in [0.3, 0.4) is 0 Å². The molecule has 1 saturated heterocycles. The van der Waals surface area contributed by atoms with E-state index < -0.39 is 0 Å². The molecule has 158 valence electrons. The number of benzene rings is 2. The lowest BCUT2D eigenvalue weighted by molar-refractivity contribution is 0.0499. The summed E-state index contributed by atoms with van der Waals surface area (Å²) >= 11 is 0. The first kappa shape index (κ1) is 21.6. The molecule has 0 unspecified atom stereocenters. The molecule has 1 N–H and O–H groups in total. The van der Waals surface area contributed by atoms with E-state index in [1.807, 2.05) is 6.07 Å². The van der Waals surface area contributed by atoms with Gasteiger partial charge in [0.15, 0.2) is 0 Å². The van der Waals surface area contributed by atoms with Crippen LogP contribution in [0.4, 0.5) is 0 Å². The number of ether oxygens (including phenoxy) is 2. The van der Waals surface area contributed by atoms with Crippen LogP contribution in [0, 0.1) is 13.8 Å². The first-order valence-corrected chi connectivity index (χ1v) is 10.4. The highest BCUT2D eigenvalue weighted by Gasteiger charge is 2.27. The van der Waals surface area contributed by atoms with Crippen molar-refractivity contribution in [2.24, 2.45) is 0 Å². The van der Waals surface area contributed by atoms with Crippen molar-refractivity contribution in [2.75, 3.05) is 40.5 Å². The lowest BCUT2D eigenvalue weighted by Gasteiger charge is -2.41. The minimum absolute atomic E-state index is 0.208. The van der Waals surface area contributed by atoms with Crippen molar-refractivity contribution in [1.82, 2.24) is 9.80 Å². The molecule has 0 aromatic heterocycles. The van der Waals surface area contributed by atoms with Gasteiger partial charge in [0.2, 0.25) is 0 Å². The summed E-state index contributed by atoms with van der Waals surface area (Å²) in [6, 6.07) is 13.2. The van der Waals surface area contributed by atoms with E-state index in [0.717, 1.165) is 50.6 Å². The Balaban J connectivity index is 1.69. The molecule has 2 aromatic carbocycles. The lowest BCUT2D eigenvalue weighted by Crippen LogP contribution is -2.52. The average molecular weight is 399 g/mol. The van der Waals surface area contributed by atoms with Crippen molar-refractivity contribution in [3.8, 4) is 11.5 Å². The van der Waals surface area contributed by atoms with Gasteiger partial charge in [-0.05, 0) is 43.5 Å². The number of aliphatic hydroxyl groups excluding tert-OH is 1. The second-order valence-electron chi connectivity index (χ2n) is 8.09. The first-order chi connectivity index (χ1) is 14.0. The van der Waals surface area contributed by atoms with E-state index in [9.17, 15) is 5.11 Å². The SMILES string of the molecule is COc1cc(CN2CCN(Cc3cc(C)cc(C)c3)C[C@@H]2CCO)cc(OC)c1. The molecule has 1 aliphatic heterocycles. The molecule has 5 heteroatoms. The van der Waals surface area contributed by atoms with Crippen LogP contribution in [0.25, 0.3) is 0 Å². The number of aliphatic hydroxyl groups is 1. The number of rotatable bonds is 8. The second kappa shape index (κ2) is 10.1. The van der Waals surface area contributed by atoms with Gasteiger partial charge < -0.3 is 14.6 Å². The quantitative estimate of drug-likeness (QED) is 0.739. The Morgan fingerprint density at radius 2 is 1.48 bits per heavy atom. The van der Waals surface area contributed by atoms with E-state index in [0.29, 0.717) is 6.04 Å². The predicted molar refractivity (Wildman–Crippen MR) is 117 cm³/mol. The Morgan fingerprint density at radius 3 is 2.07 bits per heavy atom. The molecule has 1 aliphatic rings. The van der Waals surface area contributed by atoms with Crippen molar-refractivity contribution in [3.63, 3.8) is 0 Å². The third-order valence-corrected chi connectivity index (χ3v) is 5.64. The smallest absolute Gasteiger partial charge is 0.122 e. The zero-order chi connectivity index (χ0) is 20.8. The van der Waals surface area contributed by atoms with Crippen LogP contribution < -0.4 is 9.47 Å². The Kier molecular flexibility index (Phi) is 7.53. The molecule has 0 bridgehead atoms. The summed E-state index contributed by atoms with van der Waals surface area (Å²) in [6.45, 7) is 9.29. The number of aryl methyl sites for hydroxylation is 2. The molecule has 0 saturated carbocycles. The molecule has 5 nitrogen and oxygen atoms in total. The largest absolute Gasteiger partial charge is 0.497 e. The summed E-state index contributed by atoms with van der Waals surface area (Å²) in [6.07, 6.45) is 0.782. The second-order valence-corrected chi connectivity index (χ2v) is 8.09. The van der Waals surface area contributed by atoms with Crippen LogP contribution >= 0.6 is 0 Å². The Hall–Kier alpha value is -2.08. The van der Waals surface area contributed by atoms with Crippen molar-refractivity contribution in [1.29, 1.82) is 0 Å². The molecule has 3 rings (SSSR count). The molecule has 1 fully saturated rings. The summed E-state index contributed by atoms with van der Waals surface area (Å²) < 4.78 is 10.8. The van der Waals surface area contributed by atoms with Gasteiger partial charge >= 0.3 is 0 Å². The number of piperazine rings is 1. The molecular formula is C24H34N2O3. The van der Waals surface area contributed by atoms with Crippen molar-refractivity contribution < 1.29 is 14.6 Å². The van der Waals surface area contributed by atoms with Crippen LogP contribution in [0.1, 0.15) is 28.7 Å². The number of nitrogens with zero attached hydrogens (tertiary/aromatic N) is 2. The van der Waals surface area contributed by atoms with Crippen molar-refractivity contribution in [2.45, 2.75) is 39.4 Å². The maximum atomic E-state index is 9.63. The molecule has 29 heavy (non-hydrogen) atoms. The molecule has 1 atom stereocenters. The number of hydrogen-bond donors (Lipinski definition) is 1. The fraction of sp³-hybridized carbons (Fsp3) is 0.500. The highest BCUT2D eigenvalue weighted by Crippen LogP contribution is 2.25. The van der Waals surface area contributed by atoms with E-state index in [2.05, 4.69) is 54.0 Å². The molecule has 0 radical (unpaired) electrons. The molecule has 0 spiro atoms. The zero-order valence-electron chi connectivity index (χ0n) is 18.1. The third-order valence-electron chi connectivity index (χ3n) is 5.64. The minimum atomic E-state index is 0.208. The van der Waals surface area contributed by atoms with Gasteiger partial charge in [0, 0.05) is 51.4 Å². The van der Waals surface area contributed by atoms with Gasteiger partial charge in [-0.15, -0.1) is 0 Å². The van der Waals surface area contributed by atoms with E-state index in [4.69, 9.17) is 9.47 Å². The van der Waals surface area contributed by atoms with Gasteiger partial charge in [0.1, 0.15) is 11.5 Å². The topological polar surface area (TPSA) is 45.2 Å². The van der Waals surface area contributed by atoms with Crippen LogP contribution in [0.15, 0.2) is 36.4 Å². The zero-order valence-corrected chi connectivity index (χ0v) is 18.1.